The van der Waals surface area contributed by atoms with E-state index in [0.29, 0.717) is 23.0 Å². The van der Waals surface area contributed by atoms with E-state index in [-0.39, 0.29) is 0 Å². The molecule has 9 aromatic rings. The Labute approximate surface area is 332 Å². The van der Waals surface area contributed by atoms with Crippen LogP contribution in [0.4, 0.5) is 0 Å². The topological polar surface area (TPSA) is 62.5 Å². The van der Waals surface area contributed by atoms with Crippen LogP contribution >= 0.6 is 0 Å². The van der Waals surface area contributed by atoms with E-state index in [1.54, 1.807) is 0 Å². The van der Waals surface area contributed by atoms with Crippen LogP contribution in [0.25, 0.3) is 67.5 Å². The van der Waals surface area contributed by atoms with E-state index < -0.39 is 5.41 Å². The predicted octanol–water partition coefficient (Wildman–Crippen LogP) is 12.4. The van der Waals surface area contributed by atoms with Crippen LogP contribution in [0.2, 0.25) is 0 Å². The fourth-order valence-corrected chi connectivity index (χ4v) is 8.36. The van der Waals surface area contributed by atoms with Gasteiger partial charge in [-0.25, -0.2) is 15.0 Å². The first-order valence-electron chi connectivity index (χ1n) is 19.1. The second kappa shape index (κ2) is 14.2. The Balaban J connectivity index is 1.20. The number of fused-ring (bicyclic) bond motifs is 3. The Kier molecular flexibility index (Phi) is 8.39. The van der Waals surface area contributed by atoms with Crippen LogP contribution in [-0.4, -0.2) is 15.0 Å². The molecule has 0 radical (unpaired) electrons. The molecule has 0 unspecified atom stereocenters. The molecule has 4 nitrogen and oxygen atoms in total. The van der Waals surface area contributed by atoms with Gasteiger partial charge in [-0.05, 0) is 86.0 Å². The number of rotatable bonds is 7. The highest BCUT2D eigenvalue weighted by Crippen LogP contribution is 2.57. The van der Waals surface area contributed by atoms with Gasteiger partial charge in [-0.2, -0.15) is 5.26 Å². The minimum atomic E-state index is -0.645. The van der Waals surface area contributed by atoms with Crippen molar-refractivity contribution in [2.75, 3.05) is 0 Å². The summed E-state index contributed by atoms with van der Waals surface area (Å²) in [4.78, 5) is 15.5. The van der Waals surface area contributed by atoms with Gasteiger partial charge in [-0.1, -0.05) is 176 Å². The molecule has 266 valence electrons. The van der Waals surface area contributed by atoms with Crippen molar-refractivity contribution < 1.29 is 0 Å². The highest BCUT2D eigenvalue weighted by Gasteiger charge is 2.46. The van der Waals surface area contributed by atoms with Crippen LogP contribution in [0.5, 0.6) is 0 Å². The van der Waals surface area contributed by atoms with Crippen molar-refractivity contribution in [1.82, 2.24) is 15.0 Å². The molecule has 0 atom stereocenters. The van der Waals surface area contributed by atoms with Gasteiger partial charge in [-0.3, -0.25) is 0 Å². The normalized spacial score (nSPS) is 12.3. The fraction of sp³-hybridized carbons (Fsp3) is 0.0189. The average molecular weight is 727 g/mol. The Hall–Kier alpha value is -7.74. The number of nitriles is 1. The molecule has 0 bridgehead atoms. The Morgan fingerprint density at radius 2 is 0.719 bits per heavy atom. The third-order valence-electron chi connectivity index (χ3n) is 11.1. The molecule has 8 aromatic carbocycles. The number of aromatic nitrogens is 3. The van der Waals surface area contributed by atoms with E-state index in [9.17, 15) is 5.26 Å². The van der Waals surface area contributed by atoms with Gasteiger partial charge in [0.05, 0.1) is 17.0 Å². The Bertz CT molecular complexity index is 2900. The molecule has 1 heterocycles. The molecular formula is C53H34N4. The lowest BCUT2D eigenvalue weighted by atomic mass is 9.67. The van der Waals surface area contributed by atoms with E-state index >= 15 is 0 Å². The summed E-state index contributed by atoms with van der Waals surface area (Å²) in [6.07, 6.45) is 0. The maximum atomic E-state index is 9.49. The fourth-order valence-electron chi connectivity index (χ4n) is 8.36. The summed E-state index contributed by atoms with van der Waals surface area (Å²) in [5, 5.41) is 9.49. The van der Waals surface area contributed by atoms with Gasteiger partial charge in [0.15, 0.2) is 17.5 Å². The van der Waals surface area contributed by atoms with Crippen molar-refractivity contribution in [2.24, 2.45) is 0 Å². The van der Waals surface area contributed by atoms with Gasteiger partial charge >= 0.3 is 0 Å². The quantitative estimate of drug-likeness (QED) is 0.164. The minimum absolute atomic E-state index is 0.607. The van der Waals surface area contributed by atoms with E-state index in [1.807, 2.05) is 60.7 Å². The summed E-state index contributed by atoms with van der Waals surface area (Å²) in [6.45, 7) is 0. The number of nitrogens with zero attached hydrogens (tertiary/aromatic N) is 4. The lowest BCUT2D eigenvalue weighted by molar-refractivity contribution is 0.769. The Morgan fingerprint density at radius 1 is 0.333 bits per heavy atom. The SMILES string of the molecule is N#Cc1ccc(-c2ccc3c(c2)C(c2ccccc2)(c2ccccc2)c2cc(-c4nc(-c5ccccc5)nc(-c5cccc(-c6ccccc6)c5)n4)ccc2-3)cc1. The van der Waals surface area contributed by atoms with E-state index in [1.165, 1.54) is 33.4 Å². The summed E-state index contributed by atoms with van der Waals surface area (Å²) in [5.41, 5.74) is 14.2. The molecule has 57 heavy (non-hydrogen) atoms. The number of benzene rings is 8. The van der Waals surface area contributed by atoms with Crippen LogP contribution in [0.1, 0.15) is 27.8 Å². The molecule has 0 amide bonds. The lowest BCUT2D eigenvalue weighted by Gasteiger charge is -2.34. The van der Waals surface area contributed by atoms with Crippen LogP contribution < -0.4 is 0 Å². The predicted molar refractivity (Wildman–Crippen MR) is 229 cm³/mol. The zero-order valence-corrected chi connectivity index (χ0v) is 30.9. The van der Waals surface area contributed by atoms with Crippen LogP contribution in [0.15, 0.2) is 206 Å². The number of hydrogen-bond acceptors (Lipinski definition) is 4. The maximum absolute atomic E-state index is 9.49. The molecular weight excluding hydrogens is 693 g/mol. The summed E-state index contributed by atoms with van der Waals surface area (Å²) in [6, 6.07) is 74.1. The van der Waals surface area contributed by atoms with Gasteiger partial charge in [0.1, 0.15) is 0 Å². The van der Waals surface area contributed by atoms with Gasteiger partial charge in [0, 0.05) is 16.7 Å². The molecule has 0 saturated heterocycles. The molecule has 0 aliphatic heterocycles. The Morgan fingerprint density at radius 3 is 1.28 bits per heavy atom. The van der Waals surface area contributed by atoms with Crippen molar-refractivity contribution in [3.05, 3.63) is 234 Å². The first-order valence-corrected chi connectivity index (χ1v) is 19.1. The summed E-state index contributed by atoms with van der Waals surface area (Å²) in [7, 11) is 0. The highest BCUT2D eigenvalue weighted by atomic mass is 15.0. The molecule has 1 aliphatic carbocycles. The van der Waals surface area contributed by atoms with Gasteiger partial charge in [0.25, 0.3) is 0 Å². The lowest BCUT2D eigenvalue weighted by Crippen LogP contribution is -2.28. The van der Waals surface area contributed by atoms with Crippen molar-refractivity contribution in [2.45, 2.75) is 5.41 Å². The van der Waals surface area contributed by atoms with Crippen molar-refractivity contribution >= 4 is 0 Å². The molecule has 4 heteroatoms. The zero-order valence-electron chi connectivity index (χ0n) is 30.9. The van der Waals surface area contributed by atoms with Crippen LogP contribution in [-0.2, 0) is 5.41 Å². The molecule has 1 aromatic heterocycles. The molecule has 0 saturated carbocycles. The molecule has 0 spiro atoms. The second-order valence-electron chi connectivity index (χ2n) is 14.3. The first kappa shape index (κ1) is 33.8. The zero-order chi connectivity index (χ0) is 38.2. The van der Waals surface area contributed by atoms with E-state index in [4.69, 9.17) is 15.0 Å². The summed E-state index contributed by atoms with van der Waals surface area (Å²) >= 11 is 0. The third-order valence-corrected chi connectivity index (χ3v) is 11.1. The standard InChI is InChI=1S/C53H34N4/c54-35-36-24-26-38(27-25-36)41-28-30-46-47-31-29-43(34-49(47)53(48(46)33-41,44-20-9-3-10-21-44)45-22-11-4-12-23-45)52-56-50(39-16-7-2-8-17-39)55-51(57-52)42-19-13-18-40(32-42)37-14-5-1-6-15-37/h1-34H. The molecule has 0 N–H and O–H groups in total. The number of hydrogen-bond donors (Lipinski definition) is 0. The first-order chi connectivity index (χ1) is 28.2. The van der Waals surface area contributed by atoms with E-state index in [2.05, 4.69) is 152 Å². The molecule has 10 rings (SSSR count). The van der Waals surface area contributed by atoms with Gasteiger partial charge in [0.2, 0.25) is 0 Å². The highest BCUT2D eigenvalue weighted by molar-refractivity contribution is 5.90. The average Bonchev–Trinajstić information content (AvgIpc) is 3.60. The van der Waals surface area contributed by atoms with Crippen molar-refractivity contribution in [1.29, 1.82) is 5.26 Å². The largest absolute Gasteiger partial charge is 0.208 e. The smallest absolute Gasteiger partial charge is 0.164 e. The summed E-state index contributed by atoms with van der Waals surface area (Å²) < 4.78 is 0. The van der Waals surface area contributed by atoms with Crippen LogP contribution in [0.3, 0.4) is 0 Å². The van der Waals surface area contributed by atoms with Crippen molar-refractivity contribution in [3.63, 3.8) is 0 Å². The molecule has 1 aliphatic rings. The monoisotopic (exact) mass is 726 g/mol. The van der Waals surface area contributed by atoms with Crippen molar-refractivity contribution in [3.8, 4) is 73.6 Å². The minimum Gasteiger partial charge on any atom is -0.208 e. The van der Waals surface area contributed by atoms with Crippen LogP contribution in [0, 0.1) is 11.3 Å². The van der Waals surface area contributed by atoms with Gasteiger partial charge in [-0.15, -0.1) is 0 Å². The third kappa shape index (κ3) is 5.90. The second-order valence-corrected chi connectivity index (χ2v) is 14.3. The van der Waals surface area contributed by atoms with E-state index in [0.717, 1.165) is 38.9 Å². The van der Waals surface area contributed by atoms with Gasteiger partial charge < -0.3 is 0 Å². The summed E-state index contributed by atoms with van der Waals surface area (Å²) in [5.74, 6) is 1.84. The maximum Gasteiger partial charge on any atom is 0.164 e. The molecule has 0 fully saturated rings.